The third-order valence-electron chi connectivity index (χ3n) is 2.41. The summed E-state index contributed by atoms with van der Waals surface area (Å²) in [4.78, 5) is 0. The molecule has 74 valence electrons. The SMILES string of the molecule is CNC(C)(C)CCCC(C)(C)C. The molecule has 1 heteroatoms. The van der Waals surface area contributed by atoms with E-state index in [2.05, 4.69) is 39.9 Å². The van der Waals surface area contributed by atoms with Gasteiger partial charge in [-0.15, -0.1) is 0 Å². The zero-order valence-electron chi connectivity index (χ0n) is 9.62. The molecule has 0 heterocycles. The van der Waals surface area contributed by atoms with Crippen LogP contribution in [0.25, 0.3) is 0 Å². The first-order chi connectivity index (χ1) is 5.27. The molecule has 12 heavy (non-hydrogen) atoms. The van der Waals surface area contributed by atoms with Gasteiger partial charge in [0, 0.05) is 5.54 Å². The van der Waals surface area contributed by atoms with Crippen molar-refractivity contribution in [1.82, 2.24) is 5.32 Å². The highest BCUT2D eigenvalue weighted by molar-refractivity contribution is 4.76. The smallest absolute Gasteiger partial charge is 0.0122 e. The minimum Gasteiger partial charge on any atom is -0.315 e. The minimum absolute atomic E-state index is 0.311. The highest BCUT2D eigenvalue weighted by atomic mass is 14.9. The van der Waals surface area contributed by atoms with Gasteiger partial charge in [0.25, 0.3) is 0 Å². The Kier molecular flexibility index (Phi) is 4.25. The van der Waals surface area contributed by atoms with Gasteiger partial charge >= 0.3 is 0 Å². The van der Waals surface area contributed by atoms with Crippen LogP contribution in [0.15, 0.2) is 0 Å². The molecule has 0 aromatic rings. The fourth-order valence-corrected chi connectivity index (χ4v) is 1.19. The molecule has 0 aliphatic rings. The normalized spacial score (nSPS) is 13.5. The molecule has 0 aromatic heterocycles. The van der Waals surface area contributed by atoms with E-state index in [1.54, 1.807) is 0 Å². The van der Waals surface area contributed by atoms with Gasteiger partial charge in [-0.05, 0) is 39.2 Å². The van der Waals surface area contributed by atoms with Gasteiger partial charge in [-0.25, -0.2) is 0 Å². The van der Waals surface area contributed by atoms with E-state index in [9.17, 15) is 0 Å². The maximum atomic E-state index is 3.33. The monoisotopic (exact) mass is 171 g/mol. The van der Waals surface area contributed by atoms with E-state index in [0.29, 0.717) is 11.0 Å². The van der Waals surface area contributed by atoms with Crippen LogP contribution in [0.1, 0.15) is 53.9 Å². The summed E-state index contributed by atoms with van der Waals surface area (Å²) in [5, 5.41) is 3.33. The largest absolute Gasteiger partial charge is 0.315 e. The maximum Gasteiger partial charge on any atom is 0.0122 e. The lowest BCUT2D eigenvalue weighted by Crippen LogP contribution is -2.36. The lowest BCUT2D eigenvalue weighted by atomic mass is 9.87. The molecule has 0 radical (unpaired) electrons. The first-order valence-corrected chi connectivity index (χ1v) is 4.96. The van der Waals surface area contributed by atoms with E-state index in [4.69, 9.17) is 0 Å². The number of hydrogen-bond acceptors (Lipinski definition) is 1. The molecule has 0 unspecified atom stereocenters. The third kappa shape index (κ3) is 6.66. The van der Waals surface area contributed by atoms with E-state index in [0.717, 1.165) is 0 Å². The summed E-state index contributed by atoms with van der Waals surface area (Å²) >= 11 is 0. The van der Waals surface area contributed by atoms with Crippen molar-refractivity contribution in [3.8, 4) is 0 Å². The zero-order chi connectivity index (χ0) is 9.83. The predicted molar refractivity (Wildman–Crippen MR) is 56.4 cm³/mol. The molecule has 0 spiro atoms. The van der Waals surface area contributed by atoms with Gasteiger partial charge in [0.15, 0.2) is 0 Å². The van der Waals surface area contributed by atoms with Gasteiger partial charge in [0.1, 0.15) is 0 Å². The van der Waals surface area contributed by atoms with Gasteiger partial charge in [-0.3, -0.25) is 0 Å². The fraction of sp³-hybridized carbons (Fsp3) is 1.00. The molecule has 0 fully saturated rings. The maximum absolute atomic E-state index is 3.33. The molecule has 0 amide bonds. The lowest BCUT2D eigenvalue weighted by Gasteiger charge is -2.26. The van der Waals surface area contributed by atoms with Crippen LogP contribution in [0.4, 0.5) is 0 Å². The molecule has 0 saturated carbocycles. The highest BCUT2D eigenvalue weighted by Gasteiger charge is 2.16. The summed E-state index contributed by atoms with van der Waals surface area (Å²) in [6, 6.07) is 0. The van der Waals surface area contributed by atoms with Crippen molar-refractivity contribution in [2.45, 2.75) is 59.4 Å². The summed E-state index contributed by atoms with van der Waals surface area (Å²) in [5.74, 6) is 0. The molecule has 0 bridgehead atoms. The topological polar surface area (TPSA) is 12.0 Å². The first-order valence-electron chi connectivity index (χ1n) is 4.96. The van der Waals surface area contributed by atoms with Gasteiger partial charge in [0.2, 0.25) is 0 Å². The molecule has 1 nitrogen and oxygen atoms in total. The van der Waals surface area contributed by atoms with E-state index >= 15 is 0 Å². The summed E-state index contributed by atoms with van der Waals surface area (Å²) in [6.45, 7) is 11.4. The molecule has 0 aromatic carbocycles. The Morgan fingerprint density at radius 2 is 1.42 bits per heavy atom. The molecule has 0 saturated heterocycles. The molecule has 0 atom stereocenters. The zero-order valence-corrected chi connectivity index (χ0v) is 9.62. The van der Waals surface area contributed by atoms with Crippen LogP contribution >= 0.6 is 0 Å². The van der Waals surface area contributed by atoms with Crippen LogP contribution in [-0.2, 0) is 0 Å². The van der Waals surface area contributed by atoms with Crippen LogP contribution in [0.5, 0.6) is 0 Å². The van der Waals surface area contributed by atoms with Gasteiger partial charge < -0.3 is 5.32 Å². The van der Waals surface area contributed by atoms with E-state index in [1.807, 2.05) is 7.05 Å². The van der Waals surface area contributed by atoms with Crippen molar-refractivity contribution in [3.63, 3.8) is 0 Å². The lowest BCUT2D eigenvalue weighted by molar-refractivity contribution is 0.313. The van der Waals surface area contributed by atoms with E-state index in [-0.39, 0.29) is 0 Å². The van der Waals surface area contributed by atoms with Gasteiger partial charge in [-0.2, -0.15) is 0 Å². The van der Waals surface area contributed by atoms with Crippen molar-refractivity contribution in [2.24, 2.45) is 5.41 Å². The van der Waals surface area contributed by atoms with Crippen molar-refractivity contribution in [1.29, 1.82) is 0 Å². The highest BCUT2D eigenvalue weighted by Crippen LogP contribution is 2.24. The average molecular weight is 171 g/mol. The van der Waals surface area contributed by atoms with Crippen LogP contribution in [-0.4, -0.2) is 12.6 Å². The number of rotatable bonds is 4. The quantitative estimate of drug-likeness (QED) is 0.685. The van der Waals surface area contributed by atoms with Crippen molar-refractivity contribution < 1.29 is 0 Å². The summed E-state index contributed by atoms with van der Waals surface area (Å²) in [5.41, 5.74) is 0.801. The van der Waals surface area contributed by atoms with Crippen LogP contribution in [0.3, 0.4) is 0 Å². The van der Waals surface area contributed by atoms with Crippen LogP contribution in [0, 0.1) is 5.41 Å². The third-order valence-corrected chi connectivity index (χ3v) is 2.41. The fourth-order valence-electron chi connectivity index (χ4n) is 1.19. The molecular formula is C11H25N. The van der Waals surface area contributed by atoms with E-state index in [1.165, 1.54) is 19.3 Å². The Hall–Kier alpha value is -0.0400. The van der Waals surface area contributed by atoms with E-state index < -0.39 is 0 Å². The second-order valence-electron chi connectivity index (χ2n) is 5.55. The standard InChI is InChI=1S/C11H25N/c1-10(2,3)8-7-9-11(4,5)12-6/h12H,7-9H2,1-6H3. The van der Waals surface area contributed by atoms with Crippen molar-refractivity contribution in [3.05, 3.63) is 0 Å². The van der Waals surface area contributed by atoms with Crippen molar-refractivity contribution in [2.75, 3.05) is 7.05 Å². The Bertz CT molecular complexity index is 119. The molecule has 0 aliphatic heterocycles. The second-order valence-corrected chi connectivity index (χ2v) is 5.55. The van der Waals surface area contributed by atoms with Crippen LogP contribution < -0.4 is 5.32 Å². The summed E-state index contributed by atoms with van der Waals surface area (Å²) < 4.78 is 0. The molecule has 0 rings (SSSR count). The Morgan fingerprint density at radius 1 is 0.917 bits per heavy atom. The Balaban J connectivity index is 3.57. The average Bonchev–Trinajstić information content (AvgIpc) is 1.84. The Labute approximate surface area is 77.9 Å². The summed E-state index contributed by atoms with van der Waals surface area (Å²) in [7, 11) is 2.04. The molecule has 0 aliphatic carbocycles. The predicted octanol–water partition coefficient (Wildman–Crippen LogP) is 3.20. The Morgan fingerprint density at radius 3 is 1.75 bits per heavy atom. The van der Waals surface area contributed by atoms with Crippen LogP contribution in [0.2, 0.25) is 0 Å². The number of hydrogen-bond donors (Lipinski definition) is 1. The molecule has 1 N–H and O–H groups in total. The first kappa shape index (κ1) is 12.0. The van der Waals surface area contributed by atoms with Gasteiger partial charge in [-0.1, -0.05) is 27.2 Å². The molecular weight excluding hydrogens is 146 g/mol. The minimum atomic E-state index is 0.311. The number of nitrogens with one attached hydrogen (secondary N) is 1. The summed E-state index contributed by atoms with van der Waals surface area (Å²) in [6.07, 6.45) is 3.90. The van der Waals surface area contributed by atoms with Crippen molar-refractivity contribution >= 4 is 0 Å². The second kappa shape index (κ2) is 4.27. The van der Waals surface area contributed by atoms with Gasteiger partial charge in [0.05, 0.1) is 0 Å².